The lowest BCUT2D eigenvalue weighted by Gasteiger charge is -2.18. The third-order valence-corrected chi connectivity index (χ3v) is 4.23. The molecule has 3 heterocycles. The van der Waals surface area contributed by atoms with Crippen LogP contribution < -0.4 is 4.74 Å². The van der Waals surface area contributed by atoms with Gasteiger partial charge in [0, 0.05) is 56.7 Å². The number of carboxylic acid groups (broad SMARTS) is 2. The van der Waals surface area contributed by atoms with Gasteiger partial charge in [0.1, 0.15) is 6.61 Å². The van der Waals surface area contributed by atoms with Crippen LogP contribution in [-0.4, -0.2) is 76.3 Å². The molecule has 150 valence electrons. The number of carboxylic acids is 2. The molecular weight excluding hydrogens is 354 g/mol. The Morgan fingerprint density at radius 2 is 1.89 bits per heavy atom. The Morgan fingerprint density at radius 3 is 2.59 bits per heavy atom. The molecule has 1 fully saturated rings. The predicted octanol–water partition coefficient (Wildman–Crippen LogP) is 1.03. The van der Waals surface area contributed by atoms with Crippen LogP contribution in [0.4, 0.5) is 0 Å². The van der Waals surface area contributed by atoms with Crippen molar-refractivity contribution in [1.82, 2.24) is 14.7 Å². The van der Waals surface area contributed by atoms with Crippen LogP contribution in [0.5, 0.6) is 5.88 Å². The van der Waals surface area contributed by atoms with Gasteiger partial charge in [0.2, 0.25) is 5.88 Å². The number of hydrogen-bond donors (Lipinski definition) is 2. The van der Waals surface area contributed by atoms with Crippen LogP contribution in [0.3, 0.4) is 0 Å². The van der Waals surface area contributed by atoms with Crippen LogP contribution in [0, 0.1) is 0 Å². The summed E-state index contributed by atoms with van der Waals surface area (Å²) < 4.78 is 13.3. The fourth-order valence-corrected chi connectivity index (χ4v) is 2.91. The number of aliphatic carboxylic acids is 2. The molecule has 9 heteroatoms. The molecule has 2 N–H and O–H groups in total. The summed E-state index contributed by atoms with van der Waals surface area (Å²) in [7, 11) is 0. The summed E-state index contributed by atoms with van der Waals surface area (Å²) in [6.45, 7) is 6.60. The van der Waals surface area contributed by atoms with Crippen LogP contribution in [-0.2, 0) is 27.3 Å². The van der Waals surface area contributed by atoms with Gasteiger partial charge < -0.3 is 19.7 Å². The molecule has 2 aliphatic rings. The van der Waals surface area contributed by atoms with E-state index in [0.29, 0.717) is 12.2 Å². The van der Waals surface area contributed by atoms with E-state index in [9.17, 15) is 9.59 Å². The summed E-state index contributed by atoms with van der Waals surface area (Å²) in [6.07, 6.45) is 5.89. The van der Waals surface area contributed by atoms with Gasteiger partial charge in [-0.2, -0.15) is 0 Å². The molecule has 0 unspecified atom stereocenters. The molecule has 0 radical (unpaired) electrons. The normalized spacial score (nSPS) is 17.5. The van der Waals surface area contributed by atoms with Crippen molar-refractivity contribution in [3.63, 3.8) is 0 Å². The molecule has 27 heavy (non-hydrogen) atoms. The maximum absolute atomic E-state index is 9.55. The first-order chi connectivity index (χ1) is 13.0. The van der Waals surface area contributed by atoms with E-state index in [0.717, 1.165) is 64.7 Å². The molecule has 0 saturated carbocycles. The summed E-state index contributed by atoms with van der Waals surface area (Å²) in [5, 5.41) is 20.1. The first kappa shape index (κ1) is 20.9. The van der Waals surface area contributed by atoms with Gasteiger partial charge >= 0.3 is 11.9 Å². The molecule has 1 saturated heterocycles. The van der Waals surface area contributed by atoms with Gasteiger partial charge in [-0.3, -0.25) is 9.58 Å². The zero-order chi connectivity index (χ0) is 19.5. The Kier molecular flexibility index (Phi) is 8.79. The van der Waals surface area contributed by atoms with Crippen molar-refractivity contribution < 1.29 is 29.3 Å². The second kappa shape index (κ2) is 11.3. The number of aryl methyl sites for hydroxylation is 2. The van der Waals surface area contributed by atoms with E-state index >= 15 is 0 Å². The number of ether oxygens (including phenoxy) is 2. The summed E-state index contributed by atoms with van der Waals surface area (Å²) in [5.41, 5.74) is 1.32. The Hall–Kier alpha value is -2.39. The largest absolute Gasteiger partial charge is 0.478 e. The molecule has 0 amide bonds. The molecular formula is C18H27N3O6. The summed E-state index contributed by atoms with van der Waals surface area (Å²) in [6, 6.07) is 2.10. The molecule has 0 aliphatic carbocycles. The second-order valence-corrected chi connectivity index (χ2v) is 6.32. The monoisotopic (exact) mass is 381 g/mol. The van der Waals surface area contributed by atoms with E-state index in [-0.39, 0.29) is 0 Å². The third kappa shape index (κ3) is 8.23. The fraction of sp³-hybridized carbons (Fsp3) is 0.611. The molecule has 2 aliphatic heterocycles. The van der Waals surface area contributed by atoms with Crippen LogP contribution in [0.25, 0.3) is 0 Å². The van der Waals surface area contributed by atoms with Crippen LogP contribution in [0.15, 0.2) is 18.2 Å². The van der Waals surface area contributed by atoms with E-state index in [1.807, 2.05) is 0 Å². The Labute approximate surface area is 158 Å². The first-order valence-corrected chi connectivity index (χ1v) is 9.18. The lowest BCUT2D eigenvalue weighted by Crippen LogP contribution is -2.30. The molecule has 3 rings (SSSR count). The zero-order valence-electron chi connectivity index (χ0n) is 15.4. The van der Waals surface area contributed by atoms with Gasteiger partial charge in [-0.15, -0.1) is 5.10 Å². The Morgan fingerprint density at radius 1 is 1.11 bits per heavy atom. The van der Waals surface area contributed by atoms with E-state index in [4.69, 9.17) is 19.7 Å². The average molecular weight is 381 g/mol. The smallest absolute Gasteiger partial charge is 0.328 e. The summed E-state index contributed by atoms with van der Waals surface area (Å²) in [4.78, 5) is 21.5. The molecule has 1 aromatic heterocycles. The van der Waals surface area contributed by atoms with Crippen molar-refractivity contribution in [2.24, 2.45) is 0 Å². The highest BCUT2D eigenvalue weighted by atomic mass is 16.5. The molecule has 0 aromatic carbocycles. The van der Waals surface area contributed by atoms with Gasteiger partial charge in [0.05, 0.1) is 6.61 Å². The molecule has 1 aromatic rings. The van der Waals surface area contributed by atoms with Crippen LogP contribution >= 0.6 is 0 Å². The minimum atomic E-state index is -1.26. The number of nitrogens with zero attached hydrogens (tertiary/aromatic N) is 3. The topological polar surface area (TPSA) is 114 Å². The Balaban J connectivity index is 0.000000279. The highest BCUT2D eigenvalue weighted by Gasteiger charge is 2.13. The van der Waals surface area contributed by atoms with Crippen LogP contribution in [0.2, 0.25) is 0 Å². The third-order valence-electron chi connectivity index (χ3n) is 4.23. The predicted molar refractivity (Wildman–Crippen MR) is 96.9 cm³/mol. The number of aromatic nitrogens is 2. The number of hydrogen-bond acceptors (Lipinski definition) is 6. The van der Waals surface area contributed by atoms with Crippen molar-refractivity contribution in [3.8, 4) is 5.88 Å². The van der Waals surface area contributed by atoms with Gasteiger partial charge in [-0.1, -0.05) is 0 Å². The van der Waals surface area contributed by atoms with E-state index in [1.54, 1.807) is 0 Å². The van der Waals surface area contributed by atoms with E-state index < -0.39 is 11.9 Å². The van der Waals surface area contributed by atoms with Crippen molar-refractivity contribution in [2.75, 3.05) is 39.5 Å². The second-order valence-electron chi connectivity index (χ2n) is 6.32. The lowest BCUT2D eigenvalue weighted by molar-refractivity contribution is -0.134. The number of carbonyl (C=O) groups is 2. The first-order valence-electron chi connectivity index (χ1n) is 9.18. The number of rotatable bonds is 6. The maximum atomic E-state index is 9.55. The quantitative estimate of drug-likeness (QED) is 0.703. The van der Waals surface area contributed by atoms with E-state index in [1.165, 1.54) is 18.5 Å². The van der Waals surface area contributed by atoms with E-state index in [2.05, 4.69) is 20.7 Å². The van der Waals surface area contributed by atoms with Crippen molar-refractivity contribution >= 4 is 11.9 Å². The van der Waals surface area contributed by atoms with Crippen LogP contribution in [0.1, 0.15) is 25.0 Å². The van der Waals surface area contributed by atoms with Crippen molar-refractivity contribution in [2.45, 2.75) is 32.2 Å². The summed E-state index contributed by atoms with van der Waals surface area (Å²) in [5.74, 6) is -1.72. The lowest BCUT2D eigenvalue weighted by atomic mass is 10.1. The average Bonchev–Trinajstić information content (AvgIpc) is 2.87. The highest BCUT2D eigenvalue weighted by molar-refractivity contribution is 5.89. The van der Waals surface area contributed by atoms with Crippen molar-refractivity contribution in [3.05, 3.63) is 23.9 Å². The minimum absolute atomic E-state index is 0.558. The van der Waals surface area contributed by atoms with Gasteiger partial charge in [0.25, 0.3) is 0 Å². The molecule has 9 nitrogen and oxygen atoms in total. The van der Waals surface area contributed by atoms with Gasteiger partial charge in [-0.05, 0) is 25.7 Å². The Bertz CT molecular complexity index is 596. The highest BCUT2D eigenvalue weighted by Crippen LogP contribution is 2.19. The SMILES string of the molecule is O=C(O)C=CC(=O)O.c1c(OCCN2CCCOCC2)nn2c1CCCC2. The maximum Gasteiger partial charge on any atom is 0.328 e. The fourth-order valence-electron chi connectivity index (χ4n) is 2.91. The van der Waals surface area contributed by atoms with Gasteiger partial charge in [-0.25, -0.2) is 9.59 Å². The standard InChI is InChI=1S/C14H23N3O2.C4H4O4/c1-2-6-17-13(4-1)12-14(15-17)19-11-8-16-5-3-9-18-10-7-16;5-3(6)1-2-4(7)8/h12H,1-11H2;1-2H,(H,5,6)(H,7,8). The van der Waals surface area contributed by atoms with Gasteiger partial charge in [0.15, 0.2) is 0 Å². The molecule has 0 atom stereocenters. The molecule has 0 spiro atoms. The van der Waals surface area contributed by atoms with Crippen molar-refractivity contribution in [1.29, 1.82) is 0 Å². The summed E-state index contributed by atoms with van der Waals surface area (Å²) >= 11 is 0. The minimum Gasteiger partial charge on any atom is -0.478 e. The molecule has 0 bridgehead atoms. The number of fused-ring (bicyclic) bond motifs is 1. The zero-order valence-corrected chi connectivity index (χ0v) is 15.4.